The summed E-state index contributed by atoms with van der Waals surface area (Å²) in [6.45, 7) is 8.51. The molecule has 0 radical (unpaired) electrons. The lowest BCUT2D eigenvalue weighted by Gasteiger charge is -2.27. The summed E-state index contributed by atoms with van der Waals surface area (Å²) in [5.41, 5.74) is 1.52. The molecule has 2 unspecified atom stereocenters. The average molecular weight is 456 g/mol. The smallest absolute Gasteiger partial charge is 0.410 e. The Morgan fingerprint density at radius 1 is 1.21 bits per heavy atom. The summed E-state index contributed by atoms with van der Waals surface area (Å²) in [5.74, 6) is 1.21. The van der Waals surface area contributed by atoms with Gasteiger partial charge in [-0.3, -0.25) is 4.90 Å². The molecule has 0 spiro atoms. The highest BCUT2D eigenvalue weighted by Gasteiger charge is 2.38. The third kappa shape index (κ3) is 4.32. The number of carbonyl (C=O) groups excluding carboxylic acids is 1. The summed E-state index contributed by atoms with van der Waals surface area (Å²) in [4.78, 5) is 22.6. The number of fused-ring (bicyclic) bond motifs is 1. The van der Waals surface area contributed by atoms with Crippen molar-refractivity contribution in [3.63, 3.8) is 0 Å². The highest BCUT2D eigenvalue weighted by Crippen LogP contribution is 2.36. The number of hydrogen-bond acceptors (Lipinski definition) is 3. The Labute approximate surface area is 179 Å². The van der Waals surface area contributed by atoms with E-state index in [-0.39, 0.29) is 12.1 Å². The number of imidazole rings is 1. The second-order valence-corrected chi connectivity index (χ2v) is 9.79. The van der Waals surface area contributed by atoms with E-state index in [1.54, 1.807) is 4.90 Å². The number of aromatic amines is 1. The van der Waals surface area contributed by atoms with Gasteiger partial charge in [-0.2, -0.15) is 0 Å². The molecule has 1 aliphatic heterocycles. The van der Waals surface area contributed by atoms with Crippen molar-refractivity contribution in [2.75, 3.05) is 6.54 Å². The monoisotopic (exact) mass is 455 g/mol. The van der Waals surface area contributed by atoms with Crippen LogP contribution in [0.3, 0.4) is 0 Å². The summed E-state index contributed by atoms with van der Waals surface area (Å²) in [6, 6.07) is 12.5. The number of amides is 1. The summed E-state index contributed by atoms with van der Waals surface area (Å²) < 4.78 is 6.68. The number of halogens is 1. The zero-order valence-electron chi connectivity index (χ0n) is 17.2. The number of rotatable bonds is 2. The maximum absolute atomic E-state index is 12.7. The lowest BCUT2D eigenvalue weighted by atomic mass is 10.1. The van der Waals surface area contributed by atoms with Crippen molar-refractivity contribution in [2.45, 2.75) is 45.8 Å². The van der Waals surface area contributed by atoms with Gasteiger partial charge in [0.25, 0.3) is 0 Å². The fourth-order valence-electron chi connectivity index (χ4n) is 3.86. The second-order valence-electron chi connectivity index (χ2n) is 8.88. The van der Waals surface area contributed by atoms with Gasteiger partial charge >= 0.3 is 6.09 Å². The van der Waals surface area contributed by atoms with Crippen molar-refractivity contribution in [2.24, 2.45) is 5.92 Å². The summed E-state index contributed by atoms with van der Waals surface area (Å²) in [5, 5.41) is 2.36. The van der Waals surface area contributed by atoms with Crippen LogP contribution in [0.4, 0.5) is 4.79 Å². The predicted octanol–water partition coefficient (Wildman–Crippen LogP) is 6.31. The first kappa shape index (κ1) is 20.0. The van der Waals surface area contributed by atoms with Crippen molar-refractivity contribution in [3.05, 3.63) is 52.9 Å². The number of likely N-dealkylation sites (tertiary alicyclic amines) is 1. The molecule has 152 valence electrons. The third-order valence-corrected chi connectivity index (χ3v) is 5.66. The van der Waals surface area contributed by atoms with Gasteiger partial charge in [0.05, 0.1) is 17.9 Å². The number of hydrogen-bond donors (Lipinski definition) is 1. The minimum Gasteiger partial charge on any atom is -0.444 e. The highest BCUT2D eigenvalue weighted by molar-refractivity contribution is 9.10. The number of carbonyl (C=O) groups is 1. The molecule has 1 fully saturated rings. The average Bonchev–Trinajstić information content (AvgIpc) is 3.26. The zero-order chi connectivity index (χ0) is 20.8. The molecule has 2 aromatic carbocycles. The van der Waals surface area contributed by atoms with Crippen LogP contribution < -0.4 is 0 Å². The molecule has 1 N–H and O–H groups in total. The highest BCUT2D eigenvalue weighted by atomic mass is 79.9. The van der Waals surface area contributed by atoms with Crippen LogP contribution in [0.15, 0.2) is 47.1 Å². The summed E-state index contributed by atoms with van der Waals surface area (Å²) in [6.07, 6.45) is 2.45. The molecule has 2 heterocycles. The van der Waals surface area contributed by atoms with E-state index in [1.807, 2.05) is 33.0 Å². The van der Waals surface area contributed by atoms with Gasteiger partial charge < -0.3 is 9.72 Å². The van der Waals surface area contributed by atoms with Crippen molar-refractivity contribution in [1.29, 1.82) is 0 Å². The molecule has 1 aromatic heterocycles. The maximum Gasteiger partial charge on any atom is 0.410 e. The number of aromatic nitrogens is 2. The van der Waals surface area contributed by atoms with Crippen LogP contribution in [0.25, 0.3) is 22.0 Å². The molecule has 29 heavy (non-hydrogen) atoms. The fourth-order valence-corrected chi connectivity index (χ4v) is 4.24. The van der Waals surface area contributed by atoms with Crippen LogP contribution in [0.5, 0.6) is 0 Å². The first-order chi connectivity index (χ1) is 13.7. The van der Waals surface area contributed by atoms with Crippen LogP contribution in [-0.2, 0) is 4.74 Å². The van der Waals surface area contributed by atoms with Gasteiger partial charge in [-0.1, -0.05) is 41.1 Å². The Kier molecular flexibility index (Phi) is 5.15. The Hall–Kier alpha value is -2.34. The van der Waals surface area contributed by atoms with E-state index < -0.39 is 5.60 Å². The number of ether oxygens (including phenoxy) is 1. The van der Waals surface area contributed by atoms with E-state index in [0.717, 1.165) is 28.0 Å². The summed E-state index contributed by atoms with van der Waals surface area (Å²) in [7, 11) is 0. The molecular formula is C23H26BrN3O2. The van der Waals surface area contributed by atoms with Crippen LogP contribution in [0.2, 0.25) is 0 Å². The molecule has 4 rings (SSSR count). The molecule has 0 bridgehead atoms. The molecule has 1 amide bonds. The van der Waals surface area contributed by atoms with Gasteiger partial charge in [-0.25, -0.2) is 9.78 Å². The number of H-pyrrole nitrogens is 1. The van der Waals surface area contributed by atoms with Crippen LogP contribution >= 0.6 is 15.9 Å². The third-order valence-electron chi connectivity index (χ3n) is 5.16. The zero-order valence-corrected chi connectivity index (χ0v) is 18.8. The van der Waals surface area contributed by atoms with Crippen LogP contribution in [0, 0.1) is 5.92 Å². The number of nitrogens with zero attached hydrogens (tertiary/aromatic N) is 2. The molecule has 3 aromatic rings. The van der Waals surface area contributed by atoms with Gasteiger partial charge in [-0.15, -0.1) is 0 Å². The van der Waals surface area contributed by atoms with E-state index in [0.29, 0.717) is 12.5 Å². The normalized spacial score (nSPS) is 19.7. The first-order valence-corrected chi connectivity index (χ1v) is 10.7. The fraction of sp³-hybridized carbons (Fsp3) is 0.391. The molecule has 6 heteroatoms. The first-order valence-electron chi connectivity index (χ1n) is 9.94. The second kappa shape index (κ2) is 7.48. The van der Waals surface area contributed by atoms with Crippen molar-refractivity contribution in [1.82, 2.24) is 14.9 Å². The van der Waals surface area contributed by atoms with Gasteiger partial charge in [0.1, 0.15) is 11.4 Å². The minimum absolute atomic E-state index is 0.0926. The quantitative estimate of drug-likeness (QED) is 0.492. The number of benzene rings is 2. The number of nitrogens with one attached hydrogen (secondary N) is 1. The predicted molar refractivity (Wildman–Crippen MR) is 119 cm³/mol. The standard InChI is InChI=1S/C23H26BrN3O2/c1-14-9-20(27(13-14)22(28)29-23(2,3)4)21-25-12-19(26-21)17-6-5-16-11-18(24)8-7-15(16)10-17/h5-8,10-12,14,20H,9,13H2,1-4H3,(H,25,26). The van der Waals surface area contributed by atoms with Gasteiger partial charge in [0.15, 0.2) is 0 Å². The van der Waals surface area contributed by atoms with Crippen molar-refractivity contribution >= 4 is 32.8 Å². The van der Waals surface area contributed by atoms with E-state index in [4.69, 9.17) is 4.74 Å². The molecule has 1 aliphatic rings. The molecule has 1 saturated heterocycles. The van der Waals surface area contributed by atoms with Gasteiger partial charge in [-0.05, 0) is 62.1 Å². The van der Waals surface area contributed by atoms with E-state index in [1.165, 1.54) is 10.8 Å². The molecule has 0 aliphatic carbocycles. The van der Waals surface area contributed by atoms with Crippen molar-refractivity contribution in [3.8, 4) is 11.3 Å². The Balaban J connectivity index is 1.60. The van der Waals surface area contributed by atoms with Crippen LogP contribution in [0.1, 0.15) is 46.0 Å². The lowest BCUT2D eigenvalue weighted by molar-refractivity contribution is 0.0214. The Morgan fingerprint density at radius 2 is 1.93 bits per heavy atom. The maximum atomic E-state index is 12.7. The Morgan fingerprint density at radius 3 is 2.69 bits per heavy atom. The largest absolute Gasteiger partial charge is 0.444 e. The minimum atomic E-state index is -0.512. The van der Waals surface area contributed by atoms with Crippen LogP contribution in [-0.4, -0.2) is 33.1 Å². The van der Waals surface area contributed by atoms with Crippen molar-refractivity contribution < 1.29 is 9.53 Å². The van der Waals surface area contributed by atoms with E-state index in [2.05, 4.69) is 63.2 Å². The Bertz CT molecular complexity index is 1050. The summed E-state index contributed by atoms with van der Waals surface area (Å²) >= 11 is 3.52. The molecule has 0 saturated carbocycles. The lowest BCUT2D eigenvalue weighted by Crippen LogP contribution is -2.37. The molecular weight excluding hydrogens is 430 g/mol. The van der Waals surface area contributed by atoms with Gasteiger partial charge in [0.2, 0.25) is 0 Å². The molecule has 5 nitrogen and oxygen atoms in total. The van der Waals surface area contributed by atoms with Gasteiger partial charge in [0, 0.05) is 16.6 Å². The molecule has 2 atom stereocenters. The van der Waals surface area contributed by atoms with E-state index in [9.17, 15) is 4.79 Å². The van der Waals surface area contributed by atoms with E-state index >= 15 is 0 Å². The SMILES string of the molecule is CC1CC(c2ncc(-c3ccc4cc(Br)ccc4c3)[nH]2)N(C(=O)OC(C)(C)C)C1. The topological polar surface area (TPSA) is 58.2 Å².